The Bertz CT molecular complexity index is 506. The molecule has 0 saturated carbocycles. The normalized spacial score (nSPS) is 23.7. The van der Waals surface area contributed by atoms with E-state index in [1.807, 2.05) is 27.7 Å². The Balaban J connectivity index is 2.29. The highest BCUT2D eigenvalue weighted by Crippen LogP contribution is 2.27. The van der Waals surface area contributed by atoms with E-state index in [4.69, 9.17) is 0 Å². The van der Waals surface area contributed by atoms with E-state index in [0.717, 1.165) is 15.6 Å². The lowest BCUT2D eigenvalue weighted by atomic mass is 9.93. The number of rotatable bonds is 3. The molecule has 104 valence electrons. The number of aromatic nitrogens is 1. The Morgan fingerprint density at radius 1 is 1.42 bits per heavy atom. The maximum Gasteiger partial charge on any atom is 0.246 e. The third kappa shape index (κ3) is 2.36. The Morgan fingerprint density at radius 3 is 2.63 bits per heavy atom. The highest BCUT2D eigenvalue weighted by atomic mass is 32.1. The maximum atomic E-state index is 12.1. The van der Waals surface area contributed by atoms with Gasteiger partial charge in [-0.2, -0.15) is 0 Å². The molecule has 1 aliphatic rings. The van der Waals surface area contributed by atoms with Crippen molar-refractivity contribution in [3.05, 3.63) is 15.6 Å². The van der Waals surface area contributed by atoms with Crippen LogP contribution >= 0.6 is 11.3 Å². The van der Waals surface area contributed by atoms with Crippen molar-refractivity contribution in [1.29, 1.82) is 0 Å². The standard InChI is InChI=1S/C13H19N3O2S/c1-5-13(4)12(18)14-6-11(17)16(13)7-10-15-8(2)9(3)19-10/h5-7H2,1-4H3,(H,14,18). The molecule has 0 aromatic carbocycles. The molecule has 1 aromatic rings. The average Bonchev–Trinajstić information content (AvgIpc) is 2.69. The first-order chi connectivity index (χ1) is 8.88. The summed E-state index contributed by atoms with van der Waals surface area (Å²) in [6.07, 6.45) is 0.591. The van der Waals surface area contributed by atoms with Gasteiger partial charge in [-0.25, -0.2) is 4.98 Å². The third-order valence-electron chi connectivity index (χ3n) is 3.84. The number of hydrogen-bond acceptors (Lipinski definition) is 4. The van der Waals surface area contributed by atoms with Gasteiger partial charge in [0, 0.05) is 4.88 Å². The molecule has 0 radical (unpaired) electrons. The molecule has 1 unspecified atom stereocenters. The Labute approximate surface area is 117 Å². The van der Waals surface area contributed by atoms with E-state index in [-0.39, 0.29) is 18.4 Å². The molecule has 2 amide bonds. The van der Waals surface area contributed by atoms with Crippen LogP contribution in [0.3, 0.4) is 0 Å². The van der Waals surface area contributed by atoms with Gasteiger partial charge >= 0.3 is 0 Å². The predicted molar refractivity (Wildman–Crippen MR) is 73.8 cm³/mol. The monoisotopic (exact) mass is 281 g/mol. The summed E-state index contributed by atoms with van der Waals surface area (Å²) in [6, 6.07) is 0. The van der Waals surface area contributed by atoms with E-state index in [9.17, 15) is 9.59 Å². The van der Waals surface area contributed by atoms with Crippen molar-refractivity contribution in [2.24, 2.45) is 0 Å². The fourth-order valence-electron chi connectivity index (χ4n) is 2.20. The van der Waals surface area contributed by atoms with E-state index in [2.05, 4.69) is 10.3 Å². The number of nitrogens with one attached hydrogen (secondary N) is 1. The highest BCUT2D eigenvalue weighted by molar-refractivity contribution is 7.11. The zero-order valence-electron chi connectivity index (χ0n) is 11.7. The lowest BCUT2D eigenvalue weighted by Gasteiger charge is -2.42. The van der Waals surface area contributed by atoms with Crippen molar-refractivity contribution in [3.8, 4) is 0 Å². The van der Waals surface area contributed by atoms with Crippen LogP contribution in [0.15, 0.2) is 0 Å². The molecule has 1 aromatic heterocycles. The molecular weight excluding hydrogens is 262 g/mol. The van der Waals surface area contributed by atoms with Gasteiger partial charge in [0.2, 0.25) is 11.8 Å². The molecule has 5 nitrogen and oxygen atoms in total. The van der Waals surface area contributed by atoms with Crippen LogP contribution in [0.25, 0.3) is 0 Å². The first kappa shape index (κ1) is 14.0. The zero-order chi connectivity index (χ0) is 14.2. The van der Waals surface area contributed by atoms with E-state index >= 15 is 0 Å². The molecule has 1 aliphatic heterocycles. The Kier molecular flexibility index (Phi) is 3.62. The van der Waals surface area contributed by atoms with Gasteiger partial charge in [0.25, 0.3) is 0 Å². The summed E-state index contributed by atoms with van der Waals surface area (Å²) in [6.45, 7) is 8.20. The van der Waals surface area contributed by atoms with Crippen molar-refractivity contribution < 1.29 is 9.59 Å². The molecule has 6 heteroatoms. The number of aryl methyl sites for hydroxylation is 2. The predicted octanol–water partition coefficient (Wildman–Crippen LogP) is 1.39. The van der Waals surface area contributed by atoms with Crippen LogP contribution in [-0.4, -0.2) is 33.8 Å². The third-order valence-corrected chi connectivity index (χ3v) is 4.90. The van der Waals surface area contributed by atoms with Gasteiger partial charge in [0.15, 0.2) is 0 Å². The summed E-state index contributed by atoms with van der Waals surface area (Å²) >= 11 is 1.59. The molecule has 1 saturated heterocycles. The molecule has 2 rings (SSSR count). The summed E-state index contributed by atoms with van der Waals surface area (Å²) in [4.78, 5) is 31.4. The van der Waals surface area contributed by atoms with Gasteiger partial charge in [0.1, 0.15) is 10.5 Å². The summed E-state index contributed by atoms with van der Waals surface area (Å²) < 4.78 is 0. The summed E-state index contributed by atoms with van der Waals surface area (Å²) in [5.74, 6) is -0.131. The first-order valence-corrected chi connectivity index (χ1v) is 7.21. The van der Waals surface area contributed by atoms with E-state index in [0.29, 0.717) is 13.0 Å². The minimum Gasteiger partial charge on any atom is -0.345 e. The summed E-state index contributed by atoms with van der Waals surface area (Å²) in [5, 5.41) is 3.55. The number of hydrogen-bond donors (Lipinski definition) is 1. The molecule has 0 bridgehead atoms. The van der Waals surface area contributed by atoms with Gasteiger partial charge in [-0.05, 0) is 27.2 Å². The van der Waals surface area contributed by atoms with Gasteiger partial charge < -0.3 is 10.2 Å². The van der Waals surface area contributed by atoms with Gasteiger partial charge in [-0.3, -0.25) is 9.59 Å². The lowest BCUT2D eigenvalue weighted by molar-refractivity contribution is -0.153. The molecule has 1 N–H and O–H groups in total. The number of piperazine rings is 1. The average molecular weight is 281 g/mol. The minimum atomic E-state index is -0.775. The molecule has 1 atom stereocenters. The van der Waals surface area contributed by atoms with Crippen LogP contribution in [0.5, 0.6) is 0 Å². The lowest BCUT2D eigenvalue weighted by Crippen LogP contribution is -2.65. The zero-order valence-corrected chi connectivity index (χ0v) is 12.6. The van der Waals surface area contributed by atoms with E-state index in [1.165, 1.54) is 0 Å². The maximum absolute atomic E-state index is 12.1. The van der Waals surface area contributed by atoms with Crippen molar-refractivity contribution >= 4 is 23.2 Å². The second-order valence-corrected chi connectivity index (χ2v) is 6.33. The van der Waals surface area contributed by atoms with Crippen LogP contribution in [0, 0.1) is 13.8 Å². The number of carbonyl (C=O) groups is 2. The van der Waals surface area contributed by atoms with Crippen molar-refractivity contribution in [2.75, 3.05) is 6.54 Å². The molecule has 0 aliphatic carbocycles. The largest absolute Gasteiger partial charge is 0.345 e. The number of thiazole rings is 1. The highest BCUT2D eigenvalue weighted by Gasteiger charge is 2.44. The fourth-order valence-corrected chi connectivity index (χ4v) is 3.12. The van der Waals surface area contributed by atoms with Crippen LogP contribution < -0.4 is 5.32 Å². The number of nitrogens with zero attached hydrogens (tertiary/aromatic N) is 2. The van der Waals surface area contributed by atoms with Crippen LogP contribution in [-0.2, 0) is 16.1 Å². The molecule has 2 heterocycles. The smallest absolute Gasteiger partial charge is 0.246 e. The molecule has 1 fully saturated rings. The second-order valence-electron chi connectivity index (χ2n) is 5.04. The van der Waals surface area contributed by atoms with Gasteiger partial charge in [-0.15, -0.1) is 11.3 Å². The summed E-state index contributed by atoms with van der Waals surface area (Å²) in [7, 11) is 0. The quantitative estimate of drug-likeness (QED) is 0.910. The summed E-state index contributed by atoms with van der Waals surface area (Å²) in [5.41, 5.74) is 0.218. The van der Waals surface area contributed by atoms with Crippen LogP contribution in [0.1, 0.15) is 35.8 Å². The number of amides is 2. The molecule has 19 heavy (non-hydrogen) atoms. The first-order valence-electron chi connectivity index (χ1n) is 6.40. The fraction of sp³-hybridized carbons (Fsp3) is 0.615. The topological polar surface area (TPSA) is 62.3 Å². The van der Waals surface area contributed by atoms with Crippen molar-refractivity contribution in [3.63, 3.8) is 0 Å². The molecule has 0 spiro atoms. The SMILES string of the molecule is CCC1(C)C(=O)NCC(=O)N1Cc1nc(C)c(C)s1. The number of carbonyl (C=O) groups excluding carboxylic acids is 2. The van der Waals surface area contributed by atoms with Crippen molar-refractivity contribution in [2.45, 2.75) is 46.2 Å². The van der Waals surface area contributed by atoms with E-state index < -0.39 is 5.54 Å². The molecular formula is C13H19N3O2S. The van der Waals surface area contributed by atoms with Gasteiger partial charge in [-0.1, -0.05) is 6.92 Å². The minimum absolute atomic E-state index is 0.0468. The Morgan fingerprint density at radius 2 is 2.11 bits per heavy atom. The van der Waals surface area contributed by atoms with E-state index in [1.54, 1.807) is 16.2 Å². The Hall–Kier alpha value is -1.43. The van der Waals surface area contributed by atoms with Gasteiger partial charge in [0.05, 0.1) is 18.8 Å². The second kappa shape index (κ2) is 4.92. The van der Waals surface area contributed by atoms with Crippen LogP contribution in [0.4, 0.5) is 0 Å². The van der Waals surface area contributed by atoms with Crippen molar-refractivity contribution in [1.82, 2.24) is 15.2 Å². The van der Waals surface area contributed by atoms with Crippen LogP contribution in [0.2, 0.25) is 0 Å².